The van der Waals surface area contributed by atoms with Crippen LogP contribution < -0.4 is 40.2 Å². The molecule has 34 heavy (non-hydrogen) atoms. The molecule has 0 radical (unpaired) electrons. The molecule has 196 valence electrons. The predicted molar refractivity (Wildman–Crippen MR) is 155 cm³/mol. The summed E-state index contributed by atoms with van der Waals surface area (Å²) in [5, 5.41) is 12.4. The van der Waals surface area contributed by atoms with Crippen LogP contribution in [0, 0.1) is 0 Å². The van der Waals surface area contributed by atoms with Gasteiger partial charge in [-0.1, -0.05) is 129 Å². The molecule has 0 aromatic rings. The summed E-state index contributed by atoms with van der Waals surface area (Å²) in [5.74, 6) is 0. The first kappa shape index (κ1) is 34.5. The van der Waals surface area contributed by atoms with Crippen molar-refractivity contribution in [2.24, 2.45) is 0 Å². The minimum atomic E-state index is 0. The van der Waals surface area contributed by atoms with Gasteiger partial charge in [-0.3, -0.25) is 5.01 Å². The first-order valence-electron chi connectivity index (χ1n) is 14.3. The largest absolute Gasteiger partial charge is 1.00 e. The van der Waals surface area contributed by atoms with Crippen molar-refractivity contribution in [2.45, 2.75) is 142 Å². The first-order valence-corrected chi connectivity index (χ1v) is 15.1. The summed E-state index contributed by atoms with van der Waals surface area (Å²) in [5.41, 5.74) is 0. The molecule has 0 atom stereocenters. The SMILES string of the molecule is CCCCCCCCCCCCN(CCCCCCCCCCCC)N1CNC(=S)NC1=S.[H-].[Na+]. The van der Waals surface area contributed by atoms with Gasteiger partial charge in [-0.05, 0) is 37.3 Å². The molecule has 1 aliphatic heterocycles. The van der Waals surface area contributed by atoms with Gasteiger partial charge >= 0.3 is 29.6 Å². The van der Waals surface area contributed by atoms with Crippen molar-refractivity contribution in [1.82, 2.24) is 20.7 Å². The maximum atomic E-state index is 5.59. The number of nitrogens with one attached hydrogen (secondary N) is 2. The Morgan fingerprint density at radius 3 is 1.35 bits per heavy atom. The molecule has 1 heterocycles. The summed E-state index contributed by atoms with van der Waals surface area (Å²) in [6.45, 7) is 7.45. The Morgan fingerprint density at radius 1 is 0.647 bits per heavy atom. The summed E-state index contributed by atoms with van der Waals surface area (Å²) < 4.78 is 0. The van der Waals surface area contributed by atoms with Gasteiger partial charge in [-0.2, -0.15) is 0 Å². The molecule has 0 aromatic carbocycles. The van der Waals surface area contributed by atoms with E-state index in [1.54, 1.807) is 0 Å². The molecular formula is C27H55N4NaS2. The van der Waals surface area contributed by atoms with Crippen LogP contribution in [-0.2, 0) is 0 Å². The molecule has 0 aromatic heterocycles. The average Bonchev–Trinajstić information content (AvgIpc) is 2.80. The van der Waals surface area contributed by atoms with E-state index in [4.69, 9.17) is 24.4 Å². The third-order valence-corrected chi connectivity index (χ3v) is 7.28. The van der Waals surface area contributed by atoms with Gasteiger partial charge < -0.3 is 12.1 Å². The summed E-state index contributed by atoms with van der Waals surface area (Å²) in [6, 6.07) is 0. The second kappa shape index (κ2) is 25.2. The molecule has 1 rings (SSSR count). The Labute approximate surface area is 246 Å². The van der Waals surface area contributed by atoms with E-state index in [1.807, 2.05) is 0 Å². The molecular weight excluding hydrogens is 467 g/mol. The number of nitrogens with zero attached hydrogens (tertiary/aromatic N) is 2. The van der Waals surface area contributed by atoms with Gasteiger partial charge in [0.25, 0.3) is 0 Å². The Kier molecular flexibility index (Phi) is 25.6. The fraction of sp³-hybridized carbons (Fsp3) is 0.926. The molecule has 1 saturated heterocycles. The molecule has 2 N–H and O–H groups in total. The number of rotatable bonds is 23. The van der Waals surface area contributed by atoms with Crippen LogP contribution in [0.3, 0.4) is 0 Å². The second-order valence-corrected chi connectivity index (χ2v) is 10.6. The minimum Gasteiger partial charge on any atom is -1.00 e. The average molecular weight is 523 g/mol. The zero-order valence-corrected chi connectivity index (χ0v) is 26.6. The summed E-state index contributed by atoms with van der Waals surface area (Å²) >= 11 is 10.8. The standard InChI is InChI=1S/C27H54N4S2.Na.H/c1-3-5-7-9-11-13-15-17-19-21-23-30(31-25-28-26(32)29-27(31)33)24-22-20-18-16-14-12-10-8-6-4-2;;/h3-25H2,1-2H3,(H2,28,29,32,33);;/q;+1;-1. The van der Waals surface area contributed by atoms with Crippen LogP contribution in [-0.4, -0.2) is 40.0 Å². The number of hydrogen-bond acceptors (Lipinski definition) is 3. The van der Waals surface area contributed by atoms with Gasteiger partial charge in [0, 0.05) is 13.1 Å². The zero-order valence-electron chi connectivity index (χ0n) is 24.0. The summed E-state index contributed by atoms with van der Waals surface area (Å²) in [6.07, 6.45) is 27.5. The first-order chi connectivity index (χ1) is 16.2. The quantitative estimate of drug-likeness (QED) is 0.109. The van der Waals surface area contributed by atoms with E-state index in [-0.39, 0.29) is 31.0 Å². The molecule has 0 unspecified atom stereocenters. The van der Waals surface area contributed by atoms with E-state index >= 15 is 0 Å². The number of thiocarbonyl (C=S) groups is 2. The second-order valence-electron chi connectivity index (χ2n) is 9.81. The Bertz CT molecular complexity index is 476. The van der Waals surface area contributed by atoms with E-state index in [2.05, 4.69) is 34.5 Å². The van der Waals surface area contributed by atoms with Crippen LogP contribution in [0.25, 0.3) is 0 Å². The van der Waals surface area contributed by atoms with Gasteiger partial charge in [0.15, 0.2) is 10.2 Å². The van der Waals surface area contributed by atoms with Crippen molar-refractivity contribution in [2.75, 3.05) is 19.8 Å². The van der Waals surface area contributed by atoms with Gasteiger partial charge in [0.1, 0.15) is 6.67 Å². The molecule has 1 fully saturated rings. The van der Waals surface area contributed by atoms with Crippen LogP contribution in [0.2, 0.25) is 0 Å². The zero-order chi connectivity index (χ0) is 24.0. The number of hydrazine groups is 1. The molecule has 7 heteroatoms. The Morgan fingerprint density at radius 2 is 1.00 bits per heavy atom. The summed E-state index contributed by atoms with van der Waals surface area (Å²) in [7, 11) is 0. The monoisotopic (exact) mass is 522 g/mol. The van der Waals surface area contributed by atoms with Crippen molar-refractivity contribution in [3.05, 3.63) is 0 Å². The van der Waals surface area contributed by atoms with Crippen LogP contribution in [0.4, 0.5) is 0 Å². The third kappa shape index (κ3) is 18.8. The maximum Gasteiger partial charge on any atom is 1.00 e. The molecule has 0 saturated carbocycles. The van der Waals surface area contributed by atoms with Crippen LogP contribution in [0.1, 0.15) is 144 Å². The molecule has 0 bridgehead atoms. The van der Waals surface area contributed by atoms with Crippen LogP contribution in [0.5, 0.6) is 0 Å². The maximum absolute atomic E-state index is 5.59. The van der Waals surface area contributed by atoms with E-state index in [0.717, 1.165) is 18.2 Å². The van der Waals surface area contributed by atoms with Crippen molar-refractivity contribution >= 4 is 34.7 Å². The normalized spacial score (nSPS) is 13.7. The van der Waals surface area contributed by atoms with E-state index in [9.17, 15) is 0 Å². The third-order valence-electron chi connectivity index (χ3n) is 6.73. The Hall–Kier alpha value is 0.540. The van der Waals surface area contributed by atoms with Crippen molar-refractivity contribution in [1.29, 1.82) is 0 Å². The van der Waals surface area contributed by atoms with E-state index in [0.29, 0.717) is 11.8 Å². The number of hydrogen-bond donors (Lipinski definition) is 2. The fourth-order valence-corrected chi connectivity index (χ4v) is 5.08. The molecule has 0 spiro atoms. The predicted octanol–water partition coefficient (Wildman–Crippen LogP) is 5.18. The molecule has 0 aliphatic carbocycles. The van der Waals surface area contributed by atoms with E-state index in [1.165, 1.54) is 128 Å². The van der Waals surface area contributed by atoms with Gasteiger partial charge in [-0.15, -0.1) is 0 Å². The molecule has 4 nitrogen and oxygen atoms in total. The van der Waals surface area contributed by atoms with Gasteiger partial charge in [0.05, 0.1) is 0 Å². The van der Waals surface area contributed by atoms with Gasteiger partial charge in [0.2, 0.25) is 0 Å². The fourth-order valence-electron chi connectivity index (χ4n) is 4.57. The topological polar surface area (TPSA) is 30.5 Å². The van der Waals surface area contributed by atoms with Crippen LogP contribution >= 0.6 is 24.4 Å². The molecule has 1 aliphatic rings. The van der Waals surface area contributed by atoms with Gasteiger partial charge in [-0.25, -0.2) is 5.01 Å². The van der Waals surface area contributed by atoms with E-state index < -0.39 is 0 Å². The van der Waals surface area contributed by atoms with Crippen molar-refractivity contribution in [3.8, 4) is 0 Å². The Balaban J connectivity index is 0. The molecule has 0 amide bonds. The summed E-state index contributed by atoms with van der Waals surface area (Å²) in [4.78, 5) is 0. The van der Waals surface area contributed by atoms with Crippen molar-refractivity contribution < 1.29 is 31.0 Å². The smallest absolute Gasteiger partial charge is 1.00 e. The number of unbranched alkanes of at least 4 members (excludes halogenated alkanes) is 18. The minimum absolute atomic E-state index is 0. The van der Waals surface area contributed by atoms with Crippen LogP contribution in [0.15, 0.2) is 0 Å². The van der Waals surface area contributed by atoms with Crippen molar-refractivity contribution in [3.63, 3.8) is 0 Å².